The number of methoxy groups -OCH3 is 1. The van der Waals surface area contributed by atoms with Gasteiger partial charge in [-0.05, 0) is 43.7 Å². The third-order valence-electron chi connectivity index (χ3n) is 6.26. The molecule has 1 atom stereocenters. The van der Waals surface area contributed by atoms with E-state index in [1.54, 1.807) is 13.3 Å². The molecule has 2 aromatic carbocycles. The van der Waals surface area contributed by atoms with Crippen LogP contribution in [0.4, 0.5) is 5.69 Å². The molecule has 8 heteroatoms. The van der Waals surface area contributed by atoms with E-state index in [0.29, 0.717) is 29.6 Å². The maximum atomic E-state index is 9.91. The molecular formula is C27H27N3O4S. The second kappa shape index (κ2) is 9.56. The van der Waals surface area contributed by atoms with Crippen LogP contribution in [0.15, 0.2) is 66.2 Å². The summed E-state index contributed by atoms with van der Waals surface area (Å²) in [5.74, 6) is 2.80. The number of aryl methyl sites for hydroxylation is 1. The molecule has 35 heavy (non-hydrogen) atoms. The average Bonchev–Trinajstić information content (AvgIpc) is 2.89. The van der Waals surface area contributed by atoms with Gasteiger partial charge >= 0.3 is 0 Å². The molecule has 3 aromatic rings. The number of rotatable bonds is 6. The fourth-order valence-electron chi connectivity index (χ4n) is 4.52. The van der Waals surface area contributed by atoms with Crippen LogP contribution in [0.2, 0.25) is 0 Å². The van der Waals surface area contributed by atoms with E-state index in [1.807, 2.05) is 62.4 Å². The summed E-state index contributed by atoms with van der Waals surface area (Å²) in [5, 5.41) is 13.4. The van der Waals surface area contributed by atoms with Crippen molar-refractivity contribution < 1.29 is 19.3 Å². The molecule has 7 nitrogen and oxygen atoms in total. The Labute approximate surface area is 210 Å². The van der Waals surface area contributed by atoms with Crippen LogP contribution in [0, 0.1) is 6.92 Å². The number of para-hydroxylation sites is 2. The van der Waals surface area contributed by atoms with Gasteiger partial charge in [-0.3, -0.25) is 9.88 Å². The van der Waals surface area contributed by atoms with Crippen molar-refractivity contribution in [2.45, 2.75) is 33.0 Å². The van der Waals surface area contributed by atoms with Gasteiger partial charge in [0.15, 0.2) is 5.75 Å². The summed E-state index contributed by atoms with van der Waals surface area (Å²) in [6, 6.07) is 15.8. The van der Waals surface area contributed by atoms with Crippen molar-refractivity contribution in [2.24, 2.45) is 0 Å². The van der Waals surface area contributed by atoms with Gasteiger partial charge < -0.3 is 24.6 Å². The maximum Gasteiger partial charge on any atom is 0.209 e. The van der Waals surface area contributed by atoms with Crippen molar-refractivity contribution >= 4 is 22.9 Å². The van der Waals surface area contributed by atoms with Crippen LogP contribution < -0.4 is 24.4 Å². The van der Waals surface area contributed by atoms with Gasteiger partial charge in [-0.15, -0.1) is 0 Å². The van der Waals surface area contributed by atoms with Crippen molar-refractivity contribution in [1.82, 2.24) is 10.3 Å². The smallest absolute Gasteiger partial charge is 0.209 e. The summed E-state index contributed by atoms with van der Waals surface area (Å²) in [5.41, 5.74) is 5.09. The molecule has 0 unspecified atom stereocenters. The highest BCUT2D eigenvalue weighted by atomic mass is 32.1. The number of hydrogen-bond acceptors (Lipinski definition) is 7. The number of aliphatic hydroxyl groups is 1. The second-order valence-corrected chi connectivity index (χ2v) is 8.73. The fourth-order valence-corrected chi connectivity index (χ4v) is 4.79. The number of thiocarbonyl (C=S) groups is 1. The first-order valence-electron chi connectivity index (χ1n) is 11.5. The summed E-state index contributed by atoms with van der Waals surface area (Å²) in [7, 11) is 1.65. The first kappa shape index (κ1) is 23.1. The summed E-state index contributed by atoms with van der Waals surface area (Å²) in [4.78, 5) is 7.14. The molecule has 0 radical (unpaired) electrons. The van der Waals surface area contributed by atoms with Crippen LogP contribution >= 0.6 is 12.2 Å². The average molecular weight is 490 g/mol. The topological polar surface area (TPSA) is 76.1 Å². The maximum absolute atomic E-state index is 9.91. The molecule has 0 saturated heterocycles. The minimum atomic E-state index is -0.343. The molecule has 1 aromatic heterocycles. The predicted octanol–water partition coefficient (Wildman–Crippen LogP) is 4.57. The molecule has 2 N–H and O–H groups in total. The lowest BCUT2D eigenvalue weighted by atomic mass is 9.95. The van der Waals surface area contributed by atoms with Crippen molar-refractivity contribution in [3.63, 3.8) is 0 Å². The zero-order valence-corrected chi connectivity index (χ0v) is 20.7. The normalized spacial score (nSPS) is 16.7. The zero-order valence-electron chi connectivity index (χ0n) is 19.9. The molecule has 0 aliphatic carbocycles. The monoisotopic (exact) mass is 489 g/mol. The van der Waals surface area contributed by atoms with Gasteiger partial charge in [0.1, 0.15) is 22.7 Å². The van der Waals surface area contributed by atoms with E-state index < -0.39 is 0 Å². The summed E-state index contributed by atoms with van der Waals surface area (Å²) < 4.78 is 18.0. The minimum Gasteiger partial charge on any atom is -0.497 e. The van der Waals surface area contributed by atoms with E-state index in [4.69, 9.17) is 26.4 Å². The highest BCUT2D eigenvalue weighted by molar-refractivity contribution is 7.80. The number of hydrogen-bond donors (Lipinski definition) is 2. The number of aliphatic hydroxyl groups excluding tert-OH is 1. The van der Waals surface area contributed by atoms with Crippen molar-refractivity contribution in [3.8, 4) is 17.2 Å². The molecule has 0 bridgehead atoms. The molecular weight excluding hydrogens is 462 g/mol. The van der Waals surface area contributed by atoms with E-state index in [-0.39, 0.29) is 12.8 Å². The molecule has 2 aliphatic heterocycles. The van der Waals surface area contributed by atoms with E-state index >= 15 is 0 Å². The third kappa shape index (κ3) is 4.09. The number of nitrogens with one attached hydrogen (secondary N) is 1. The number of nitrogens with zero attached hydrogens (tertiary/aromatic N) is 2. The summed E-state index contributed by atoms with van der Waals surface area (Å²) >= 11 is 5.85. The summed E-state index contributed by atoms with van der Waals surface area (Å²) in [6.07, 6.45) is 1.88. The molecule has 0 spiro atoms. The lowest BCUT2D eigenvalue weighted by Gasteiger charge is -2.43. The Kier molecular flexibility index (Phi) is 6.32. The van der Waals surface area contributed by atoms with Gasteiger partial charge in [0.2, 0.25) is 5.88 Å². The standard InChI is InChI=1S/C27H27N3O4S/c1-4-33-23-8-6-5-7-22(23)30-25(17-9-11-19(32-3)12-10-17)29-26(35)21-13-20-18(15-31)14-28-16(2)24(20)34-27(21)30/h5-12,14,25,31H,4,13,15H2,1-3H3,(H,29,35)/t25-/m1/s1. The van der Waals surface area contributed by atoms with Crippen LogP contribution in [-0.2, 0) is 13.0 Å². The molecule has 5 rings (SSSR count). The van der Waals surface area contributed by atoms with E-state index in [0.717, 1.165) is 45.1 Å². The molecule has 2 aliphatic rings. The van der Waals surface area contributed by atoms with Gasteiger partial charge in [-0.1, -0.05) is 36.5 Å². The lowest BCUT2D eigenvalue weighted by Crippen LogP contribution is -2.49. The first-order valence-corrected chi connectivity index (χ1v) is 11.9. The van der Waals surface area contributed by atoms with Crippen molar-refractivity contribution in [1.29, 1.82) is 0 Å². The van der Waals surface area contributed by atoms with Gasteiger partial charge in [0.25, 0.3) is 0 Å². The van der Waals surface area contributed by atoms with Crippen LogP contribution in [0.3, 0.4) is 0 Å². The Morgan fingerprint density at radius 2 is 1.97 bits per heavy atom. The summed E-state index contributed by atoms with van der Waals surface area (Å²) in [6.45, 7) is 4.28. The predicted molar refractivity (Wildman–Crippen MR) is 138 cm³/mol. The zero-order chi connectivity index (χ0) is 24.5. The van der Waals surface area contributed by atoms with Crippen molar-refractivity contribution in [2.75, 3.05) is 18.6 Å². The fraction of sp³-hybridized carbons (Fsp3) is 0.259. The van der Waals surface area contributed by atoms with Crippen LogP contribution in [-0.4, -0.2) is 28.8 Å². The highest BCUT2D eigenvalue weighted by Crippen LogP contribution is 2.44. The molecule has 180 valence electrons. The van der Waals surface area contributed by atoms with Gasteiger partial charge in [-0.2, -0.15) is 0 Å². The minimum absolute atomic E-state index is 0.118. The number of aromatic nitrogens is 1. The van der Waals surface area contributed by atoms with Crippen LogP contribution in [0.1, 0.15) is 35.5 Å². The number of ether oxygens (including phenoxy) is 3. The number of fused-ring (bicyclic) bond motifs is 1. The quantitative estimate of drug-likeness (QED) is 0.488. The number of benzene rings is 2. The highest BCUT2D eigenvalue weighted by Gasteiger charge is 2.39. The Balaban J connectivity index is 1.69. The lowest BCUT2D eigenvalue weighted by molar-refractivity contribution is 0.277. The van der Waals surface area contributed by atoms with Gasteiger partial charge in [0, 0.05) is 23.7 Å². The van der Waals surface area contributed by atoms with E-state index in [1.165, 1.54) is 0 Å². The SMILES string of the molecule is CCOc1ccccc1N1C2=C(Cc3c(CO)cnc(C)c3O2)C(=S)N[C@H]1c1ccc(OC)cc1. The number of pyridine rings is 1. The van der Waals surface area contributed by atoms with E-state index in [9.17, 15) is 5.11 Å². The Bertz CT molecular complexity index is 1310. The first-order chi connectivity index (χ1) is 17.0. The third-order valence-corrected chi connectivity index (χ3v) is 6.62. The van der Waals surface area contributed by atoms with E-state index in [2.05, 4.69) is 15.2 Å². The van der Waals surface area contributed by atoms with Crippen LogP contribution in [0.5, 0.6) is 17.2 Å². The second-order valence-electron chi connectivity index (χ2n) is 8.32. The van der Waals surface area contributed by atoms with Crippen molar-refractivity contribution in [3.05, 3.63) is 88.6 Å². The van der Waals surface area contributed by atoms with Crippen LogP contribution in [0.25, 0.3) is 0 Å². The Morgan fingerprint density at radius 1 is 1.20 bits per heavy atom. The largest absolute Gasteiger partial charge is 0.497 e. The molecule has 0 saturated carbocycles. The molecule has 3 heterocycles. The Morgan fingerprint density at radius 3 is 2.69 bits per heavy atom. The van der Waals surface area contributed by atoms with Gasteiger partial charge in [0.05, 0.1) is 37.3 Å². The molecule has 0 fully saturated rings. The Hall–Kier alpha value is -3.62. The number of anilines is 1. The molecule has 0 amide bonds. The van der Waals surface area contributed by atoms with Gasteiger partial charge in [-0.25, -0.2) is 0 Å².